The zero-order valence-corrected chi connectivity index (χ0v) is 13.0. The minimum Gasteiger partial charge on any atom is -0.487 e. The van der Waals surface area contributed by atoms with Crippen LogP contribution in [0.3, 0.4) is 0 Å². The van der Waals surface area contributed by atoms with E-state index in [2.05, 4.69) is 9.97 Å². The third-order valence-electron chi connectivity index (χ3n) is 3.17. The average Bonchev–Trinajstić information content (AvgIpc) is 3.08. The van der Waals surface area contributed by atoms with Crippen LogP contribution in [-0.2, 0) is 17.8 Å². The van der Waals surface area contributed by atoms with Crippen molar-refractivity contribution in [2.24, 2.45) is 0 Å². The zero-order valence-electron chi connectivity index (χ0n) is 12.2. The van der Waals surface area contributed by atoms with Crippen LogP contribution in [-0.4, -0.2) is 21.0 Å². The number of aromatic nitrogens is 2. The highest BCUT2D eigenvalue weighted by molar-refractivity contribution is 7.13. The molecular formula is C17H14N2O3S. The van der Waals surface area contributed by atoms with Gasteiger partial charge in [0, 0.05) is 6.20 Å². The van der Waals surface area contributed by atoms with Crippen LogP contribution in [0.15, 0.2) is 54.3 Å². The maximum Gasteiger partial charge on any atom is 0.307 e. The summed E-state index contributed by atoms with van der Waals surface area (Å²) in [6.45, 7) is 0.370. The van der Waals surface area contributed by atoms with E-state index in [1.54, 1.807) is 24.0 Å². The number of nitrogens with zero attached hydrogens (tertiary/aromatic N) is 2. The number of pyridine rings is 1. The van der Waals surface area contributed by atoms with Crippen LogP contribution < -0.4 is 4.74 Å². The van der Waals surface area contributed by atoms with Gasteiger partial charge in [-0.25, -0.2) is 0 Å². The van der Waals surface area contributed by atoms with Gasteiger partial charge in [0.25, 0.3) is 0 Å². The fourth-order valence-corrected chi connectivity index (χ4v) is 2.72. The molecule has 0 radical (unpaired) electrons. The van der Waals surface area contributed by atoms with Crippen LogP contribution in [0.2, 0.25) is 0 Å². The van der Waals surface area contributed by atoms with Crippen molar-refractivity contribution < 1.29 is 14.6 Å². The molecule has 2 heterocycles. The molecule has 6 heteroatoms. The smallest absolute Gasteiger partial charge is 0.307 e. The lowest BCUT2D eigenvalue weighted by Gasteiger charge is -2.07. The molecule has 0 aliphatic heterocycles. The first kappa shape index (κ1) is 15.2. The number of carboxylic acids is 1. The Morgan fingerprint density at radius 2 is 2.04 bits per heavy atom. The van der Waals surface area contributed by atoms with Gasteiger partial charge in [0.15, 0.2) is 0 Å². The Bertz CT molecular complexity index is 786. The Labute approximate surface area is 137 Å². The third kappa shape index (κ3) is 4.14. The van der Waals surface area contributed by atoms with Crippen molar-refractivity contribution in [1.82, 2.24) is 9.97 Å². The van der Waals surface area contributed by atoms with Gasteiger partial charge in [-0.2, -0.15) is 0 Å². The van der Waals surface area contributed by atoms with E-state index in [4.69, 9.17) is 9.84 Å². The minimum absolute atomic E-state index is 0.0128. The number of carbonyl (C=O) groups is 1. The number of thiazole rings is 1. The standard InChI is InChI=1S/C17H14N2O3S/c20-17(21)7-12-2-1-3-13(6-12)10-22-14-4-5-15(19-8-14)16-9-18-11-23-16/h1-6,8-9,11H,7,10H2,(H,20,21). The van der Waals surface area contributed by atoms with Gasteiger partial charge in [0.2, 0.25) is 0 Å². The van der Waals surface area contributed by atoms with Crippen molar-refractivity contribution in [3.8, 4) is 16.3 Å². The van der Waals surface area contributed by atoms with Gasteiger partial charge in [0.1, 0.15) is 12.4 Å². The SMILES string of the molecule is O=C(O)Cc1cccc(COc2ccc(-c3cncs3)nc2)c1. The summed E-state index contributed by atoms with van der Waals surface area (Å²) in [5.74, 6) is -0.173. The molecule has 0 fully saturated rings. The maximum absolute atomic E-state index is 10.7. The lowest BCUT2D eigenvalue weighted by Crippen LogP contribution is -2.02. The van der Waals surface area contributed by atoms with Crippen LogP contribution >= 0.6 is 11.3 Å². The van der Waals surface area contributed by atoms with Gasteiger partial charge >= 0.3 is 5.97 Å². The Morgan fingerprint density at radius 1 is 1.17 bits per heavy atom. The normalized spacial score (nSPS) is 10.4. The molecule has 116 valence electrons. The van der Waals surface area contributed by atoms with E-state index in [0.29, 0.717) is 12.4 Å². The lowest BCUT2D eigenvalue weighted by atomic mass is 10.1. The molecule has 0 saturated carbocycles. The van der Waals surface area contributed by atoms with Crippen molar-refractivity contribution in [2.75, 3.05) is 0 Å². The number of benzene rings is 1. The Morgan fingerprint density at radius 3 is 2.74 bits per heavy atom. The maximum atomic E-state index is 10.7. The van der Waals surface area contributed by atoms with Crippen LogP contribution in [0, 0.1) is 0 Å². The van der Waals surface area contributed by atoms with Crippen molar-refractivity contribution in [1.29, 1.82) is 0 Å². The molecule has 23 heavy (non-hydrogen) atoms. The molecule has 3 aromatic rings. The first-order chi connectivity index (χ1) is 11.2. The fraction of sp³-hybridized carbons (Fsp3) is 0.118. The summed E-state index contributed by atoms with van der Waals surface area (Å²) in [7, 11) is 0. The predicted octanol–water partition coefficient (Wildman–Crippen LogP) is 3.41. The molecule has 0 saturated heterocycles. The summed E-state index contributed by atoms with van der Waals surface area (Å²) in [5, 5.41) is 8.83. The highest BCUT2D eigenvalue weighted by Gasteiger charge is 2.04. The van der Waals surface area contributed by atoms with Gasteiger partial charge < -0.3 is 9.84 Å². The molecule has 5 nitrogen and oxygen atoms in total. The van der Waals surface area contributed by atoms with Crippen LogP contribution in [0.1, 0.15) is 11.1 Å². The highest BCUT2D eigenvalue weighted by atomic mass is 32.1. The van der Waals surface area contributed by atoms with E-state index in [1.807, 2.05) is 30.3 Å². The monoisotopic (exact) mass is 326 g/mol. The lowest BCUT2D eigenvalue weighted by molar-refractivity contribution is -0.136. The summed E-state index contributed by atoms with van der Waals surface area (Å²) in [5.41, 5.74) is 4.32. The number of carboxylic acid groups (broad SMARTS) is 1. The van der Waals surface area contributed by atoms with Crippen molar-refractivity contribution in [3.63, 3.8) is 0 Å². The fourth-order valence-electron chi connectivity index (χ4n) is 2.12. The van der Waals surface area contributed by atoms with E-state index >= 15 is 0 Å². The molecule has 1 aromatic carbocycles. The Kier molecular flexibility index (Phi) is 4.63. The van der Waals surface area contributed by atoms with Gasteiger partial charge in [-0.05, 0) is 23.3 Å². The number of aliphatic carboxylic acids is 1. The zero-order chi connectivity index (χ0) is 16.1. The van der Waals surface area contributed by atoms with Gasteiger partial charge in [-0.1, -0.05) is 24.3 Å². The second kappa shape index (κ2) is 7.02. The van der Waals surface area contributed by atoms with Crippen molar-refractivity contribution >= 4 is 17.3 Å². The molecule has 0 aliphatic rings. The highest BCUT2D eigenvalue weighted by Crippen LogP contribution is 2.23. The number of hydrogen-bond donors (Lipinski definition) is 1. The third-order valence-corrected chi connectivity index (χ3v) is 3.97. The van der Waals surface area contributed by atoms with E-state index in [-0.39, 0.29) is 6.42 Å². The summed E-state index contributed by atoms with van der Waals surface area (Å²) in [6.07, 6.45) is 3.47. The first-order valence-corrected chi connectivity index (χ1v) is 7.86. The molecular weight excluding hydrogens is 312 g/mol. The van der Waals surface area contributed by atoms with E-state index in [9.17, 15) is 4.79 Å². The minimum atomic E-state index is -0.842. The molecule has 2 aromatic heterocycles. The first-order valence-electron chi connectivity index (χ1n) is 6.98. The topological polar surface area (TPSA) is 72.3 Å². The summed E-state index contributed by atoms with van der Waals surface area (Å²) < 4.78 is 5.70. The molecule has 1 N–H and O–H groups in total. The van der Waals surface area contributed by atoms with E-state index in [1.165, 1.54) is 11.3 Å². The van der Waals surface area contributed by atoms with Crippen molar-refractivity contribution in [3.05, 3.63) is 65.4 Å². The molecule has 0 unspecified atom stereocenters. The van der Waals surface area contributed by atoms with E-state index < -0.39 is 5.97 Å². The number of rotatable bonds is 6. The van der Waals surface area contributed by atoms with Crippen LogP contribution in [0.4, 0.5) is 0 Å². The van der Waals surface area contributed by atoms with Gasteiger partial charge in [-0.15, -0.1) is 11.3 Å². The second-order valence-electron chi connectivity index (χ2n) is 4.92. The second-order valence-corrected chi connectivity index (χ2v) is 5.81. The number of ether oxygens (including phenoxy) is 1. The van der Waals surface area contributed by atoms with Gasteiger partial charge in [-0.3, -0.25) is 14.8 Å². The van der Waals surface area contributed by atoms with Gasteiger partial charge in [0.05, 0.1) is 28.7 Å². The Balaban J connectivity index is 1.63. The van der Waals surface area contributed by atoms with Crippen LogP contribution in [0.25, 0.3) is 10.6 Å². The summed E-state index contributed by atoms with van der Waals surface area (Å²) in [6, 6.07) is 11.1. The molecule has 3 rings (SSSR count). The molecule has 0 amide bonds. The van der Waals surface area contributed by atoms with Crippen molar-refractivity contribution in [2.45, 2.75) is 13.0 Å². The molecule has 0 aliphatic carbocycles. The average molecular weight is 326 g/mol. The predicted molar refractivity (Wildman–Crippen MR) is 87.5 cm³/mol. The summed E-state index contributed by atoms with van der Waals surface area (Å²) in [4.78, 5) is 20.1. The molecule has 0 bridgehead atoms. The number of hydrogen-bond acceptors (Lipinski definition) is 5. The van der Waals surface area contributed by atoms with E-state index in [0.717, 1.165) is 21.7 Å². The molecule has 0 spiro atoms. The largest absolute Gasteiger partial charge is 0.487 e. The Hall–Kier alpha value is -2.73. The molecule has 0 atom stereocenters. The van der Waals surface area contributed by atoms with Crippen LogP contribution in [0.5, 0.6) is 5.75 Å². The quantitative estimate of drug-likeness (QED) is 0.751. The summed E-state index contributed by atoms with van der Waals surface area (Å²) >= 11 is 1.54.